The first kappa shape index (κ1) is 13.2. The zero-order valence-corrected chi connectivity index (χ0v) is 12.2. The summed E-state index contributed by atoms with van der Waals surface area (Å²) in [5, 5.41) is 5.98. The molecule has 2 aromatic heterocycles. The van der Waals surface area contributed by atoms with Gasteiger partial charge in [-0.15, -0.1) is 0 Å². The van der Waals surface area contributed by atoms with Gasteiger partial charge in [0.2, 0.25) is 0 Å². The second-order valence-electron chi connectivity index (χ2n) is 4.84. The van der Waals surface area contributed by atoms with Crippen molar-refractivity contribution in [3.05, 3.63) is 52.5 Å². The number of rotatable bonds is 3. The number of aromatic nitrogens is 2. The number of halogens is 1. The zero-order valence-electron chi connectivity index (χ0n) is 11.4. The molecule has 20 heavy (non-hydrogen) atoms. The Balaban J connectivity index is 2.07. The van der Waals surface area contributed by atoms with Crippen LogP contribution >= 0.6 is 11.6 Å². The number of nitrogens with two attached hydrogens (primary N) is 1. The summed E-state index contributed by atoms with van der Waals surface area (Å²) >= 11 is 6.13. The van der Waals surface area contributed by atoms with E-state index in [2.05, 4.69) is 12.0 Å². The van der Waals surface area contributed by atoms with Crippen LogP contribution in [0.3, 0.4) is 0 Å². The van der Waals surface area contributed by atoms with Gasteiger partial charge in [-0.05, 0) is 18.6 Å². The first-order valence-electron chi connectivity index (χ1n) is 6.56. The van der Waals surface area contributed by atoms with Gasteiger partial charge in [-0.3, -0.25) is 4.68 Å². The monoisotopic (exact) mass is 289 g/mol. The second-order valence-corrected chi connectivity index (χ2v) is 5.25. The predicted octanol–water partition coefficient (Wildman–Crippen LogP) is 3.43. The van der Waals surface area contributed by atoms with Crippen molar-refractivity contribution in [2.75, 3.05) is 0 Å². The van der Waals surface area contributed by atoms with Crippen LogP contribution in [-0.2, 0) is 13.5 Å². The molecule has 0 radical (unpaired) electrons. The molecule has 0 aliphatic carbocycles. The van der Waals surface area contributed by atoms with Gasteiger partial charge in [0.15, 0.2) is 5.58 Å². The maximum atomic E-state index is 6.33. The SMILES string of the molecule is CCc1nn(C)cc1C(N)c1cc2cccc(Cl)c2o1. The van der Waals surface area contributed by atoms with E-state index in [1.165, 1.54) is 0 Å². The first-order chi connectivity index (χ1) is 9.60. The Morgan fingerprint density at radius 3 is 2.95 bits per heavy atom. The summed E-state index contributed by atoms with van der Waals surface area (Å²) in [5.41, 5.74) is 8.99. The number of aryl methyl sites for hydroxylation is 2. The second kappa shape index (κ2) is 4.96. The molecule has 3 rings (SSSR count). The summed E-state index contributed by atoms with van der Waals surface area (Å²) in [4.78, 5) is 0. The van der Waals surface area contributed by atoms with E-state index in [0.29, 0.717) is 16.4 Å². The number of nitrogens with zero attached hydrogens (tertiary/aromatic N) is 2. The summed E-state index contributed by atoms with van der Waals surface area (Å²) in [6.45, 7) is 2.06. The highest BCUT2D eigenvalue weighted by Crippen LogP contribution is 2.31. The lowest BCUT2D eigenvalue weighted by Gasteiger charge is -2.07. The fraction of sp³-hybridized carbons (Fsp3) is 0.267. The van der Waals surface area contributed by atoms with Crippen LogP contribution in [0.5, 0.6) is 0 Å². The van der Waals surface area contributed by atoms with Crippen molar-refractivity contribution in [3.63, 3.8) is 0 Å². The molecule has 5 heteroatoms. The molecule has 1 atom stereocenters. The largest absolute Gasteiger partial charge is 0.457 e. The molecule has 0 spiro atoms. The minimum atomic E-state index is -0.331. The van der Waals surface area contributed by atoms with Crippen LogP contribution in [0.1, 0.15) is 30.0 Å². The number of para-hydroxylation sites is 1. The number of benzene rings is 1. The van der Waals surface area contributed by atoms with Crippen molar-refractivity contribution in [3.8, 4) is 0 Å². The lowest BCUT2D eigenvalue weighted by Crippen LogP contribution is -2.12. The van der Waals surface area contributed by atoms with Crippen LogP contribution in [0.2, 0.25) is 5.02 Å². The van der Waals surface area contributed by atoms with Crippen LogP contribution in [0.15, 0.2) is 34.9 Å². The fourth-order valence-electron chi connectivity index (χ4n) is 2.44. The summed E-state index contributed by atoms with van der Waals surface area (Å²) in [6.07, 6.45) is 2.78. The molecular formula is C15H16ClN3O. The number of hydrogen-bond acceptors (Lipinski definition) is 3. The van der Waals surface area contributed by atoms with Crippen molar-refractivity contribution in [1.29, 1.82) is 0 Å². The minimum absolute atomic E-state index is 0.331. The van der Waals surface area contributed by atoms with E-state index >= 15 is 0 Å². The van der Waals surface area contributed by atoms with Crippen molar-refractivity contribution < 1.29 is 4.42 Å². The summed E-state index contributed by atoms with van der Waals surface area (Å²) in [7, 11) is 1.89. The predicted molar refractivity (Wildman–Crippen MR) is 79.8 cm³/mol. The van der Waals surface area contributed by atoms with E-state index in [1.807, 2.05) is 37.5 Å². The normalized spacial score (nSPS) is 13.0. The average Bonchev–Trinajstić information content (AvgIpc) is 3.02. The van der Waals surface area contributed by atoms with Crippen molar-refractivity contribution in [2.45, 2.75) is 19.4 Å². The van der Waals surface area contributed by atoms with Gasteiger partial charge in [0.05, 0.1) is 16.8 Å². The standard InChI is InChI=1S/C15H16ClN3O/c1-3-12-10(8-19(2)18-12)14(17)13-7-9-5-4-6-11(16)15(9)20-13/h4-8,14H,3,17H2,1-2H3. The topological polar surface area (TPSA) is 57.0 Å². The molecule has 2 N–H and O–H groups in total. The van der Waals surface area contributed by atoms with Crippen LogP contribution in [0.25, 0.3) is 11.0 Å². The summed E-state index contributed by atoms with van der Waals surface area (Å²) in [5.74, 6) is 0.704. The van der Waals surface area contributed by atoms with Crippen molar-refractivity contribution in [2.24, 2.45) is 12.8 Å². The molecule has 2 heterocycles. The molecule has 104 valence electrons. The molecule has 1 aromatic carbocycles. The molecule has 0 saturated carbocycles. The van der Waals surface area contributed by atoms with Crippen molar-refractivity contribution >= 4 is 22.6 Å². The van der Waals surface area contributed by atoms with Crippen LogP contribution in [-0.4, -0.2) is 9.78 Å². The highest BCUT2D eigenvalue weighted by molar-refractivity contribution is 6.34. The average molecular weight is 290 g/mol. The first-order valence-corrected chi connectivity index (χ1v) is 6.94. The molecule has 0 aliphatic rings. The maximum Gasteiger partial charge on any atom is 0.152 e. The molecule has 0 amide bonds. The molecule has 1 unspecified atom stereocenters. The smallest absolute Gasteiger partial charge is 0.152 e. The Morgan fingerprint density at radius 1 is 1.45 bits per heavy atom. The summed E-state index contributed by atoms with van der Waals surface area (Å²) in [6, 6.07) is 7.28. The Bertz CT molecular complexity index is 760. The van der Waals surface area contributed by atoms with Gasteiger partial charge in [-0.25, -0.2) is 0 Å². The molecule has 0 fully saturated rings. The Hall–Kier alpha value is -1.78. The number of furan rings is 1. The Morgan fingerprint density at radius 2 is 2.25 bits per heavy atom. The Kier molecular flexibility index (Phi) is 3.28. The maximum absolute atomic E-state index is 6.33. The quantitative estimate of drug-likeness (QED) is 0.803. The van der Waals surface area contributed by atoms with E-state index in [-0.39, 0.29) is 6.04 Å². The van der Waals surface area contributed by atoms with Gasteiger partial charge in [0, 0.05) is 24.2 Å². The zero-order chi connectivity index (χ0) is 14.3. The van der Waals surface area contributed by atoms with Crippen LogP contribution in [0.4, 0.5) is 0 Å². The fourth-order valence-corrected chi connectivity index (χ4v) is 2.66. The highest BCUT2D eigenvalue weighted by Gasteiger charge is 2.20. The third-order valence-electron chi connectivity index (χ3n) is 3.43. The molecule has 0 bridgehead atoms. The number of fused-ring (bicyclic) bond motifs is 1. The van der Waals surface area contributed by atoms with E-state index in [1.54, 1.807) is 4.68 Å². The van der Waals surface area contributed by atoms with Gasteiger partial charge in [0.25, 0.3) is 0 Å². The Labute approximate surface area is 122 Å². The van der Waals surface area contributed by atoms with E-state index in [9.17, 15) is 0 Å². The van der Waals surface area contributed by atoms with Gasteiger partial charge in [0.1, 0.15) is 5.76 Å². The van der Waals surface area contributed by atoms with Gasteiger partial charge in [-0.2, -0.15) is 5.10 Å². The van der Waals surface area contributed by atoms with Gasteiger partial charge in [-0.1, -0.05) is 30.7 Å². The van der Waals surface area contributed by atoms with Crippen molar-refractivity contribution in [1.82, 2.24) is 9.78 Å². The molecule has 4 nitrogen and oxygen atoms in total. The lowest BCUT2D eigenvalue weighted by molar-refractivity contribution is 0.524. The van der Waals surface area contributed by atoms with E-state index < -0.39 is 0 Å². The van der Waals surface area contributed by atoms with E-state index in [0.717, 1.165) is 23.1 Å². The lowest BCUT2D eigenvalue weighted by atomic mass is 10.0. The highest BCUT2D eigenvalue weighted by atomic mass is 35.5. The third kappa shape index (κ3) is 2.11. The van der Waals surface area contributed by atoms with E-state index in [4.69, 9.17) is 21.8 Å². The van der Waals surface area contributed by atoms with Crippen LogP contribution < -0.4 is 5.73 Å². The molecular weight excluding hydrogens is 274 g/mol. The number of hydrogen-bond donors (Lipinski definition) is 1. The third-order valence-corrected chi connectivity index (χ3v) is 3.73. The minimum Gasteiger partial charge on any atom is -0.457 e. The molecule has 3 aromatic rings. The molecule has 0 aliphatic heterocycles. The van der Waals surface area contributed by atoms with Gasteiger partial charge >= 0.3 is 0 Å². The van der Waals surface area contributed by atoms with Crippen LogP contribution in [0, 0.1) is 0 Å². The molecule has 0 saturated heterocycles. The summed E-state index contributed by atoms with van der Waals surface area (Å²) < 4.78 is 7.61. The van der Waals surface area contributed by atoms with Gasteiger partial charge < -0.3 is 10.2 Å².